The molecule has 0 aliphatic heterocycles. The number of hydrogen-bond donors (Lipinski definition) is 1. The molecule has 0 amide bonds. The Hall–Kier alpha value is -0.830. The van der Waals surface area contributed by atoms with Crippen LogP contribution in [0.1, 0.15) is 33.1 Å². The summed E-state index contributed by atoms with van der Waals surface area (Å²) in [6.45, 7) is 3.63. The van der Waals surface area contributed by atoms with Crippen LogP contribution >= 0.6 is 0 Å². The van der Waals surface area contributed by atoms with Gasteiger partial charge < -0.3 is 9.84 Å². The molecule has 0 aromatic heterocycles. The second-order valence-electron chi connectivity index (χ2n) is 3.00. The van der Waals surface area contributed by atoms with Crippen molar-refractivity contribution in [2.24, 2.45) is 0 Å². The zero-order chi connectivity index (χ0) is 10.1. The Morgan fingerprint density at radius 1 is 1.54 bits per heavy atom. The van der Waals surface area contributed by atoms with Gasteiger partial charge in [0.15, 0.2) is 0 Å². The van der Waals surface area contributed by atoms with Gasteiger partial charge in [-0.05, 0) is 26.2 Å². The van der Waals surface area contributed by atoms with Gasteiger partial charge in [0, 0.05) is 6.92 Å². The van der Waals surface area contributed by atoms with E-state index in [0.717, 1.165) is 19.3 Å². The number of aliphatic hydroxyl groups is 1. The summed E-state index contributed by atoms with van der Waals surface area (Å²) >= 11 is 0. The van der Waals surface area contributed by atoms with E-state index in [4.69, 9.17) is 9.84 Å². The van der Waals surface area contributed by atoms with E-state index in [1.807, 2.05) is 6.08 Å². The Labute approximate surface area is 79.4 Å². The van der Waals surface area contributed by atoms with E-state index < -0.39 is 0 Å². The smallest absolute Gasteiger partial charge is 0.302 e. The third-order valence-corrected chi connectivity index (χ3v) is 1.49. The molecule has 0 aliphatic carbocycles. The van der Waals surface area contributed by atoms with Crippen molar-refractivity contribution in [1.29, 1.82) is 0 Å². The SMILES string of the molecule is CC(=O)OCCCC/C=C\[C@@H](C)O. The number of esters is 1. The standard InChI is InChI=1S/C10H18O3/c1-9(11)7-5-3-4-6-8-13-10(2)12/h5,7,9,11H,3-4,6,8H2,1-2H3/b7-5-/t9-/m1/s1. The van der Waals surface area contributed by atoms with Crippen LogP contribution in [0.25, 0.3) is 0 Å². The Balaban J connectivity index is 3.12. The van der Waals surface area contributed by atoms with E-state index in [1.165, 1.54) is 6.92 Å². The summed E-state index contributed by atoms with van der Waals surface area (Å²) < 4.78 is 4.76. The summed E-state index contributed by atoms with van der Waals surface area (Å²) in [5.74, 6) is -0.223. The minimum atomic E-state index is -0.367. The number of aliphatic hydroxyl groups excluding tert-OH is 1. The van der Waals surface area contributed by atoms with Crippen LogP contribution in [0.3, 0.4) is 0 Å². The molecule has 13 heavy (non-hydrogen) atoms. The highest BCUT2D eigenvalue weighted by Crippen LogP contribution is 1.98. The lowest BCUT2D eigenvalue weighted by Crippen LogP contribution is -1.99. The maximum Gasteiger partial charge on any atom is 0.302 e. The number of hydrogen-bond acceptors (Lipinski definition) is 3. The summed E-state index contributed by atoms with van der Waals surface area (Å²) in [6, 6.07) is 0. The van der Waals surface area contributed by atoms with Gasteiger partial charge in [-0.1, -0.05) is 12.2 Å². The van der Waals surface area contributed by atoms with E-state index >= 15 is 0 Å². The van der Waals surface area contributed by atoms with E-state index in [-0.39, 0.29) is 12.1 Å². The van der Waals surface area contributed by atoms with Gasteiger partial charge >= 0.3 is 5.97 Å². The number of unbranched alkanes of at least 4 members (excludes halogenated alkanes) is 2. The molecular formula is C10H18O3. The van der Waals surface area contributed by atoms with Gasteiger partial charge in [0.1, 0.15) is 0 Å². The highest BCUT2D eigenvalue weighted by Gasteiger charge is 1.91. The third kappa shape index (κ3) is 11.2. The van der Waals surface area contributed by atoms with Crippen LogP contribution in [0.2, 0.25) is 0 Å². The van der Waals surface area contributed by atoms with Crippen molar-refractivity contribution in [3.63, 3.8) is 0 Å². The van der Waals surface area contributed by atoms with Crippen LogP contribution in [0.15, 0.2) is 12.2 Å². The topological polar surface area (TPSA) is 46.5 Å². The molecule has 0 rings (SSSR count). The van der Waals surface area contributed by atoms with E-state index in [1.54, 1.807) is 13.0 Å². The maximum atomic E-state index is 10.4. The van der Waals surface area contributed by atoms with Crippen LogP contribution in [-0.4, -0.2) is 23.8 Å². The normalized spacial score (nSPS) is 13.2. The average molecular weight is 186 g/mol. The lowest BCUT2D eigenvalue weighted by Gasteiger charge is -1.99. The molecule has 0 spiro atoms. The van der Waals surface area contributed by atoms with Crippen molar-refractivity contribution < 1.29 is 14.6 Å². The average Bonchev–Trinajstić information content (AvgIpc) is 2.01. The van der Waals surface area contributed by atoms with E-state index in [9.17, 15) is 4.79 Å². The van der Waals surface area contributed by atoms with Gasteiger partial charge in [-0.2, -0.15) is 0 Å². The quantitative estimate of drug-likeness (QED) is 0.390. The van der Waals surface area contributed by atoms with Gasteiger partial charge in [-0.25, -0.2) is 0 Å². The zero-order valence-electron chi connectivity index (χ0n) is 8.32. The van der Waals surface area contributed by atoms with E-state index in [2.05, 4.69) is 0 Å². The molecule has 0 aliphatic rings. The molecule has 0 radical (unpaired) electrons. The Bertz CT molecular complexity index is 162. The summed E-state index contributed by atoms with van der Waals surface area (Å²) in [7, 11) is 0. The van der Waals surface area contributed by atoms with Crippen molar-refractivity contribution >= 4 is 5.97 Å². The first kappa shape index (κ1) is 12.2. The monoisotopic (exact) mass is 186 g/mol. The van der Waals surface area contributed by atoms with Gasteiger partial charge in [0.2, 0.25) is 0 Å². The first-order valence-corrected chi connectivity index (χ1v) is 4.61. The molecular weight excluding hydrogens is 168 g/mol. The Morgan fingerprint density at radius 2 is 2.23 bits per heavy atom. The molecule has 3 heteroatoms. The van der Waals surface area contributed by atoms with Crippen LogP contribution in [0.5, 0.6) is 0 Å². The van der Waals surface area contributed by atoms with Crippen molar-refractivity contribution in [1.82, 2.24) is 0 Å². The molecule has 0 aromatic carbocycles. The molecule has 1 atom stereocenters. The molecule has 0 aromatic rings. The van der Waals surface area contributed by atoms with E-state index in [0.29, 0.717) is 6.61 Å². The summed E-state index contributed by atoms with van der Waals surface area (Å²) in [4.78, 5) is 10.4. The molecule has 1 N–H and O–H groups in total. The second-order valence-corrected chi connectivity index (χ2v) is 3.00. The molecule has 0 fully saturated rings. The number of carbonyl (C=O) groups is 1. The van der Waals surface area contributed by atoms with Gasteiger partial charge in [0.25, 0.3) is 0 Å². The minimum Gasteiger partial charge on any atom is -0.466 e. The first-order chi connectivity index (χ1) is 6.13. The highest BCUT2D eigenvalue weighted by molar-refractivity contribution is 5.65. The molecule has 0 saturated heterocycles. The van der Waals surface area contributed by atoms with Crippen LogP contribution in [0, 0.1) is 0 Å². The van der Waals surface area contributed by atoms with Crippen LogP contribution in [0.4, 0.5) is 0 Å². The van der Waals surface area contributed by atoms with Gasteiger partial charge in [0.05, 0.1) is 12.7 Å². The molecule has 0 bridgehead atoms. The number of carbonyl (C=O) groups excluding carboxylic acids is 1. The van der Waals surface area contributed by atoms with Crippen molar-refractivity contribution in [2.45, 2.75) is 39.2 Å². The van der Waals surface area contributed by atoms with Gasteiger partial charge in [-0.3, -0.25) is 4.79 Å². The predicted molar refractivity (Wildman–Crippen MR) is 51.3 cm³/mol. The van der Waals surface area contributed by atoms with Crippen molar-refractivity contribution in [3.05, 3.63) is 12.2 Å². The zero-order valence-corrected chi connectivity index (χ0v) is 8.32. The highest BCUT2D eigenvalue weighted by atomic mass is 16.5. The largest absolute Gasteiger partial charge is 0.466 e. The Morgan fingerprint density at radius 3 is 2.77 bits per heavy atom. The summed E-state index contributed by atoms with van der Waals surface area (Å²) in [5, 5.41) is 8.87. The van der Waals surface area contributed by atoms with Gasteiger partial charge in [-0.15, -0.1) is 0 Å². The van der Waals surface area contributed by atoms with Crippen molar-refractivity contribution in [2.75, 3.05) is 6.61 Å². The lowest BCUT2D eigenvalue weighted by atomic mass is 10.2. The molecule has 76 valence electrons. The Kier molecular flexibility index (Phi) is 7.30. The molecule has 0 heterocycles. The van der Waals surface area contributed by atoms with Crippen LogP contribution < -0.4 is 0 Å². The number of rotatable bonds is 6. The first-order valence-electron chi connectivity index (χ1n) is 4.61. The van der Waals surface area contributed by atoms with Crippen molar-refractivity contribution in [3.8, 4) is 0 Å². The third-order valence-electron chi connectivity index (χ3n) is 1.49. The van der Waals surface area contributed by atoms with Crippen LogP contribution in [-0.2, 0) is 9.53 Å². The molecule has 0 unspecified atom stereocenters. The maximum absolute atomic E-state index is 10.4. The lowest BCUT2D eigenvalue weighted by molar-refractivity contribution is -0.141. The number of allylic oxidation sites excluding steroid dienone is 1. The minimum absolute atomic E-state index is 0.223. The molecule has 0 saturated carbocycles. The summed E-state index contributed by atoms with van der Waals surface area (Å²) in [5.41, 5.74) is 0. The fourth-order valence-corrected chi connectivity index (χ4v) is 0.873. The number of ether oxygens (including phenoxy) is 1. The molecule has 3 nitrogen and oxygen atoms in total. The predicted octanol–water partition coefficient (Wildman–Crippen LogP) is 1.66. The fraction of sp³-hybridized carbons (Fsp3) is 0.700. The summed E-state index contributed by atoms with van der Waals surface area (Å²) in [6.07, 6.45) is 6.12. The second kappa shape index (κ2) is 7.80. The fourth-order valence-electron chi connectivity index (χ4n) is 0.873.